The lowest BCUT2D eigenvalue weighted by molar-refractivity contribution is 1.02. The zero-order chi connectivity index (χ0) is 8.27. The molecule has 0 spiro atoms. The second-order valence-corrected chi connectivity index (χ2v) is 4.26. The largest absolute Gasteiger partial charge is 0.330 e. The van der Waals surface area contributed by atoms with E-state index >= 15 is 0 Å². The van der Waals surface area contributed by atoms with Gasteiger partial charge in [0.15, 0.2) is 3.92 Å². The molecule has 0 amide bonds. The van der Waals surface area contributed by atoms with Crippen LogP contribution >= 0.6 is 27.3 Å². The van der Waals surface area contributed by atoms with Gasteiger partial charge < -0.3 is 5.73 Å². The van der Waals surface area contributed by atoms with Crippen LogP contribution in [0.4, 0.5) is 0 Å². The van der Waals surface area contributed by atoms with Crippen molar-refractivity contribution < 1.29 is 0 Å². The Labute approximate surface area is 78.3 Å². The number of halogens is 1. The van der Waals surface area contributed by atoms with E-state index in [9.17, 15) is 0 Å². The van der Waals surface area contributed by atoms with Gasteiger partial charge in [-0.2, -0.15) is 0 Å². The molecule has 0 aromatic carbocycles. The van der Waals surface area contributed by atoms with E-state index in [2.05, 4.69) is 27.5 Å². The van der Waals surface area contributed by atoms with Crippen LogP contribution in [0, 0.1) is 0 Å². The topological polar surface area (TPSA) is 38.9 Å². The van der Waals surface area contributed by atoms with E-state index in [1.54, 1.807) is 11.3 Å². The predicted molar refractivity (Wildman–Crippen MR) is 52.5 cm³/mol. The van der Waals surface area contributed by atoms with Crippen LogP contribution < -0.4 is 5.73 Å². The minimum atomic E-state index is 0.633. The van der Waals surface area contributed by atoms with Crippen molar-refractivity contribution in [1.82, 2.24) is 4.98 Å². The lowest BCUT2D eigenvalue weighted by Crippen LogP contribution is -1.99. The van der Waals surface area contributed by atoms with Gasteiger partial charge >= 0.3 is 0 Å². The average Bonchev–Trinajstić information content (AvgIpc) is 2.36. The van der Waals surface area contributed by atoms with Crippen LogP contribution in [0.15, 0.2) is 15.9 Å². The first kappa shape index (κ1) is 8.90. The molecule has 0 aliphatic carbocycles. The molecule has 2 nitrogen and oxygen atoms in total. The summed E-state index contributed by atoms with van der Waals surface area (Å²) in [5, 5.41) is 1.97. The molecule has 0 unspecified atom stereocenters. The Kier molecular flexibility index (Phi) is 3.23. The molecular formula is C7H9BrN2S. The van der Waals surface area contributed by atoms with Crippen LogP contribution in [-0.2, 0) is 0 Å². The number of aromatic nitrogens is 1. The van der Waals surface area contributed by atoms with Crippen molar-refractivity contribution in [1.29, 1.82) is 0 Å². The fourth-order valence-corrected chi connectivity index (χ4v) is 1.77. The number of thiazole rings is 1. The van der Waals surface area contributed by atoms with Crippen molar-refractivity contribution in [2.75, 3.05) is 6.54 Å². The molecular weight excluding hydrogens is 224 g/mol. The molecule has 0 saturated heterocycles. The van der Waals surface area contributed by atoms with Crippen molar-refractivity contribution in [2.45, 2.75) is 6.42 Å². The maximum atomic E-state index is 5.38. The number of rotatable bonds is 3. The Balaban J connectivity index is 2.69. The van der Waals surface area contributed by atoms with Gasteiger partial charge in [-0.15, -0.1) is 11.3 Å². The molecule has 1 aromatic heterocycles. The number of nitrogens with zero attached hydrogens (tertiary/aromatic N) is 1. The van der Waals surface area contributed by atoms with Gasteiger partial charge in [0.05, 0.1) is 5.69 Å². The third-order valence-electron chi connectivity index (χ3n) is 1.28. The normalized spacial score (nSPS) is 10.0. The summed E-state index contributed by atoms with van der Waals surface area (Å²) in [6, 6.07) is 0. The highest BCUT2D eigenvalue weighted by Crippen LogP contribution is 2.21. The number of hydrogen-bond donors (Lipinski definition) is 1. The molecule has 0 fully saturated rings. The Morgan fingerprint density at radius 1 is 1.82 bits per heavy atom. The van der Waals surface area contributed by atoms with Gasteiger partial charge in [0, 0.05) is 5.38 Å². The van der Waals surface area contributed by atoms with Gasteiger partial charge in [-0.05, 0) is 34.5 Å². The van der Waals surface area contributed by atoms with Gasteiger partial charge in [-0.1, -0.05) is 6.58 Å². The summed E-state index contributed by atoms with van der Waals surface area (Å²) in [6.45, 7) is 4.50. The minimum Gasteiger partial charge on any atom is -0.330 e. The van der Waals surface area contributed by atoms with Crippen molar-refractivity contribution in [2.24, 2.45) is 5.73 Å². The van der Waals surface area contributed by atoms with E-state index in [1.165, 1.54) is 0 Å². The lowest BCUT2D eigenvalue weighted by Gasteiger charge is -1.96. The molecule has 0 atom stereocenters. The first-order valence-electron chi connectivity index (χ1n) is 3.23. The highest BCUT2D eigenvalue weighted by molar-refractivity contribution is 9.11. The number of nitrogens with two attached hydrogens (primary N) is 1. The van der Waals surface area contributed by atoms with E-state index in [-0.39, 0.29) is 0 Å². The maximum Gasteiger partial charge on any atom is 0.159 e. The molecule has 2 N–H and O–H groups in total. The maximum absolute atomic E-state index is 5.38. The average molecular weight is 233 g/mol. The minimum absolute atomic E-state index is 0.633. The SMILES string of the molecule is C=C(CCN)c1csc(Br)n1. The Morgan fingerprint density at radius 3 is 3.00 bits per heavy atom. The van der Waals surface area contributed by atoms with E-state index in [1.807, 2.05) is 5.38 Å². The van der Waals surface area contributed by atoms with Crippen molar-refractivity contribution in [3.05, 3.63) is 21.6 Å². The zero-order valence-corrected chi connectivity index (χ0v) is 8.41. The fourth-order valence-electron chi connectivity index (χ4n) is 0.717. The molecule has 1 heterocycles. The monoisotopic (exact) mass is 232 g/mol. The molecule has 1 aromatic rings. The Hall–Kier alpha value is -0.190. The first-order valence-corrected chi connectivity index (χ1v) is 4.90. The molecule has 0 aliphatic rings. The number of hydrogen-bond acceptors (Lipinski definition) is 3. The first-order chi connectivity index (χ1) is 5.24. The molecule has 0 saturated carbocycles. The van der Waals surface area contributed by atoms with Crippen LogP contribution in [0.1, 0.15) is 12.1 Å². The zero-order valence-electron chi connectivity index (χ0n) is 6.01. The summed E-state index contributed by atoms with van der Waals surface area (Å²) in [5.74, 6) is 0. The third kappa shape index (κ3) is 2.39. The van der Waals surface area contributed by atoms with Gasteiger partial charge in [0.1, 0.15) is 0 Å². The van der Waals surface area contributed by atoms with E-state index in [4.69, 9.17) is 5.73 Å². The molecule has 0 aliphatic heterocycles. The fraction of sp³-hybridized carbons (Fsp3) is 0.286. The van der Waals surface area contributed by atoms with E-state index < -0.39 is 0 Å². The second-order valence-electron chi connectivity index (χ2n) is 2.13. The van der Waals surface area contributed by atoms with Gasteiger partial charge in [0.2, 0.25) is 0 Å². The Bertz CT molecular complexity index is 257. The van der Waals surface area contributed by atoms with Gasteiger partial charge in [-0.25, -0.2) is 4.98 Å². The van der Waals surface area contributed by atoms with Crippen LogP contribution in [0.2, 0.25) is 0 Å². The smallest absolute Gasteiger partial charge is 0.159 e. The molecule has 60 valence electrons. The van der Waals surface area contributed by atoms with Crippen molar-refractivity contribution in [3.63, 3.8) is 0 Å². The second kappa shape index (κ2) is 3.99. The summed E-state index contributed by atoms with van der Waals surface area (Å²) in [4.78, 5) is 4.21. The molecule has 0 bridgehead atoms. The van der Waals surface area contributed by atoms with Crippen LogP contribution in [-0.4, -0.2) is 11.5 Å². The van der Waals surface area contributed by atoms with Crippen molar-refractivity contribution in [3.8, 4) is 0 Å². The highest BCUT2D eigenvalue weighted by atomic mass is 79.9. The van der Waals surface area contributed by atoms with E-state index in [0.29, 0.717) is 6.54 Å². The van der Waals surface area contributed by atoms with Crippen molar-refractivity contribution >= 4 is 32.8 Å². The quantitative estimate of drug-likeness (QED) is 0.869. The van der Waals surface area contributed by atoms with Crippen LogP contribution in [0.3, 0.4) is 0 Å². The summed E-state index contributed by atoms with van der Waals surface area (Å²) < 4.78 is 0.894. The van der Waals surface area contributed by atoms with Crippen LogP contribution in [0.25, 0.3) is 5.57 Å². The van der Waals surface area contributed by atoms with Crippen LogP contribution in [0.5, 0.6) is 0 Å². The molecule has 1 rings (SSSR count). The summed E-state index contributed by atoms with van der Waals surface area (Å²) in [7, 11) is 0. The predicted octanol–water partition coefficient (Wildman–Crippen LogP) is 2.27. The summed E-state index contributed by atoms with van der Waals surface area (Å²) in [5.41, 5.74) is 7.34. The standard InChI is InChI=1S/C7H9BrN2S/c1-5(2-3-9)6-4-11-7(8)10-6/h4H,1-3,9H2. The van der Waals surface area contributed by atoms with E-state index in [0.717, 1.165) is 21.6 Å². The Morgan fingerprint density at radius 2 is 2.55 bits per heavy atom. The molecule has 0 radical (unpaired) electrons. The lowest BCUT2D eigenvalue weighted by atomic mass is 10.2. The van der Waals surface area contributed by atoms with Gasteiger partial charge in [-0.3, -0.25) is 0 Å². The summed E-state index contributed by atoms with van der Waals surface area (Å²) >= 11 is 4.85. The third-order valence-corrected chi connectivity index (χ3v) is 2.65. The molecule has 11 heavy (non-hydrogen) atoms. The highest BCUT2D eigenvalue weighted by Gasteiger charge is 2.01. The summed E-state index contributed by atoms with van der Waals surface area (Å²) in [6.07, 6.45) is 0.816. The molecule has 4 heteroatoms. The van der Waals surface area contributed by atoms with Gasteiger partial charge in [0.25, 0.3) is 0 Å².